The molecule has 2 N–H and O–H groups in total. The van der Waals surface area contributed by atoms with E-state index < -0.39 is 0 Å². The highest BCUT2D eigenvalue weighted by Crippen LogP contribution is 2.19. The maximum absolute atomic E-state index is 12.4. The molecular formula is C19H30N3O2+. The quantitative estimate of drug-likeness (QED) is 0.846. The Morgan fingerprint density at radius 2 is 1.96 bits per heavy atom. The number of anilines is 1. The third kappa shape index (κ3) is 5.06. The summed E-state index contributed by atoms with van der Waals surface area (Å²) in [5, 5.41) is 2.94. The number of benzene rings is 1. The van der Waals surface area contributed by atoms with Crippen LogP contribution in [-0.4, -0.2) is 49.9 Å². The third-order valence-corrected chi connectivity index (χ3v) is 4.82. The molecule has 1 aromatic rings. The van der Waals surface area contributed by atoms with Gasteiger partial charge in [0, 0.05) is 18.7 Å². The molecule has 132 valence electrons. The lowest BCUT2D eigenvalue weighted by Gasteiger charge is -2.28. The number of quaternary nitrogens is 1. The molecule has 5 nitrogen and oxygen atoms in total. The van der Waals surface area contributed by atoms with Gasteiger partial charge in [0.2, 0.25) is 5.91 Å². The van der Waals surface area contributed by atoms with E-state index in [0.29, 0.717) is 12.5 Å². The van der Waals surface area contributed by atoms with Gasteiger partial charge >= 0.3 is 0 Å². The van der Waals surface area contributed by atoms with Crippen LogP contribution >= 0.6 is 0 Å². The molecule has 2 atom stereocenters. The summed E-state index contributed by atoms with van der Waals surface area (Å²) >= 11 is 0. The second kappa shape index (κ2) is 8.29. The Hall–Kier alpha value is -1.88. The Kier molecular flexibility index (Phi) is 6.37. The van der Waals surface area contributed by atoms with Gasteiger partial charge < -0.3 is 15.1 Å². The smallest absolute Gasteiger partial charge is 0.277 e. The minimum Gasteiger partial charge on any atom is -0.332 e. The van der Waals surface area contributed by atoms with Crippen LogP contribution in [0.2, 0.25) is 0 Å². The molecule has 24 heavy (non-hydrogen) atoms. The summed E-state index contributed by atoms with van der Waals surface area (Å²) in [7, 11) is 1.71. The van der Waals surface area contributed by atoms with Crippen molar-refractivity contribution >= 4 is 17.5 Å². The van der Waals surface area contributed by atoms with E-state index >= 15 is 0 Å². The Bertz CT molecular complexity index is 580. The summed E-state index contributed by atoms with van der Waals surface area (Å²) in [6.07, 6.45) is 2.44. The van der Waals surface area contributed by atoms with Gasteiger partial charge in [0.1, 0.15) is 0 Å². The first kappa shape index (κ1) is 18.5. The maximum Gasteiger partial charge on any atom is 0.277 e. The van der Waals surface area contributed by atoms with Crippen LogP contribution in [0.15, 0.2) is 18.2 Å². The minimum absolute atomic E-state index is 0.0377. The SMILES string of the molecule is Cc1cccc(C)c1NC(=O)CN(C)C(=O)C[NH+]1CCC[C@@H](C)C1. The summed E-state index contributed by atoms with van der Waals surface area (Å²) < 4.78 is 0. The summed E-state index contributed by atoms with van der Waals surface area (Å²) in [6.45, 7) is 8.86. The molecule has 1 aromatic carbocycles. The fraction of sp³-hybridized carbons (Fsp3) is 0.579. The lowest BCUT2D eigenvalue weighted by molar-refractivity contribution is -0.900. The Balaban J connectivity index is 1.85. The molecule has 2 rings (SSSR count). The first-order valence-corrected chi connectivity index (χ1v) is 8.80. The number of likely N-dealkylation sites (tertiary alicyclic amines) is 1. The topological polar surface area (TPSA) is 53.9 Å². The molecule has 1 aliphatic heterocycles. The van der Waals surface area contributed by atoms with Crippen LogP contribution in [-0.2, 0) is 9.59 Å². The van der Waals surface area contributed by atoms with Crippen molar-refractivity contribution in [3.05, 3.63) is 29.3 Å². The second-order valence-electron chi connectivity index (χ2n) is 7.19. The van der Waals surface area contributed by atoms with E-state index in [1.165, 1.54) is 22.6 Å². The average Bonchev–Trinajstić information content (AvgIpc) is 2.51. The van der Waals surface area contributed by atoms with Crippen LogP contribution in [0.4, 0.5) is 5.69 Å². The molecule has 1 heterocycles. The van der Waals surface area contributed by atoms with E-state index in [0.717, 1.165) is 29.9 Å². The third-order valence-electron chi connectivity index (χ3n) is 4.82. The van der Waals surface area contributed by atoms with Crippen molar-refractivity contribution in [3.63, 3.8) is 0 Å². The highest BCUT2D eigenvalue weighted by atomic mass is 16.2. The predicted molar refractivity (Wildman–Crippen MR) is 96.1 cm³/mol. The number of rotatable bonds is 5. The van der Waals surface area contributed by atoms with Crippen LogP contribution < -0.4 is 10.2 Å². The standard InChI is InChI=1S/C19H29N3O2/c1-14-7-6-10-22(11-14)13-18(24)21(4)12-17(23)20-19-15(2)8-5-9-16(19)3/h5,8-9,14H,6-7,10-13H2,1-4H3,(H,20,23)/p+1/t14-/m1/s1. The normalized spacial score (nSPS) is 20.5. The van der Waals surface area contributed by atoms with E-state index in [1.807, 2.05) is 32.0 Å². The Morgan fingerprint density at radius 3 is 2.58 bits per heavy atom. The van der Waals surface area contributed by atoms with E-state index in [4.69, 9.17) is 0 Å². The first-order valence-electron chi connectivity index (χ1n) is 8.80. The number of carbonyl (C=O) groups excluding carboxylic acids is 2. The zero-order chi connectivity index (χ0) is 17.7. The van der Waals surface area contributed by atoms with Gasteiger partial charge in [0.15, 0.2) is 6.54 Å². The molecule has 0 aliphatic carbocycles. The number of piperidine rings is 1. The van der Waals surface area contributed by atoms with Crippen molar-refractivity contribution in [3.8, 4) is 0 Å². The monoisotopic (exact) mass is 332 g/mol. The molecule has 2 amide bonds. The van der Waals surface area contributed by atoms with E-state index in [1.54, 1.807) is 7.05 Å². The molecule has 0 saturated carbocycles. The number of carbonyl (C=O) groups is 2. The molecule has 5 heteroatoms. The van der Waals surface area contributed by atoms with Crippen molar-refractivity contribution in [1.82, 2.24) is 4.90 Å². The number of hydrogen-bond donors (Lipinski definition) is 2. The highest BCUT2D eigenvalue weighted by molar-refractivity contribution is 5.95. The second-order valence-corrected chi connectivity index (χ2v) is 7.19. The van der Waals surface area contributed by atoms with Crippen LogP contribution in [0.25, 0.3) is 0 Å². The molecule has 1 unspecified atom stereocenters. The lowest BCUT2D eigenvalue weighted by Crippen LogP contribution is -3.14. The fourth-order valence-corrected chi connectivity index (χ4v) is 3.40. The number of hydrogen-bond acceptors (Lipinski definition) is 2. The fourth-order valence-electron chi connectivity index (χ4n) is 3.40. The van der Waals surface area contributed by atoms with Gasteiger partial charge in [-0.25, -0.2) is 0 Å². The molecule has 1 fully saturated rings. The molecule has 1 saturated heterocycles. The van der Waals surface area contributed by atoms with Crippen molar-refractivity contribution in [2.24, 2.45) is 5.92 Å². The largest absolute Gasteiger partial charge is 0.332 e. The van der Waals surface area contributed by atoms with Crippen LogP contribution in [0.1, 0.15) is 30.9 Å². The van der Waals surface area contributed by atoms with Gasteiger partial charge in [-0.2, -0.15) is 0 Å². The first-order chi connectivity index (χ1) is 11.4. The summed E-state index contributed by atoms with van der Waals surface area (Å²) in [4.78, 5) is 27.5. The molecule has 0 radical (unpaired) electrons. The van der Waals surface area contributed by atoms with Gasteiger partial charge in [-0.05, 0) is 37.8 Å². The van der Waals surface area contributed by atoms with E-state index in [2.05, 4.69) is 12.2 Å². The summed E-state index contributed by atoms with van der Waals surface area (Å²) in [5.74, 6) is 0.570. The number of amides is 2. The van der Waals surface area contributed by atoms with Gasteiger partial charge in [-0.1, -0.05) is 25.1 Å². The number of likely N-dealkylation sites (N-methyl/N-ethyl adjacent to an activating group) is 1. The predicted octanol–water partition coefficient (Wildman–Crippen LogP) is 1.02. The lowest BCUT2D eigenvalue weighted by atomic mass is 10.0. The van der Waals surface area contributed by atoms with Crippen LogP contribution in [0, 0.1) is 19.8 Å². The number of nitrogens with one attached hydrogen (secondary N) is 2. The zero-order valence-corrected chi connectivity index (χ0v) is 15.3. The summed E-state index contributed by atoms with van der Waals surface area (Å²) in [5.41, 5.74) is 2.91. The minimum atomic E-state index is -0.148. The Labute approximate surface area is 145 Å². The van der Waals surface area contributed by atoms with Gasteiger partial charge in [0.25, 0.3) is 5.91 Å². The maximum atomic E-state index is 12.4. The highest BCUT2D eigenvalue weighted by Gasteiger charge is 2.24. The zero-order valence-electron chi connectivity index (χ0n) is 15.3. The van der Waals surface area contributed by atoms with Crippen molar-refractivity contribution in [2.75, 3.05) is 38.5 Å². The number of nitrogens with zero attached hydrogens (tertiary/aromatic N) is 1. The van der Waals surface area contributed by atoms with Gasteiger partial charge in [-0.3, -0.25) is 9.59 Å². The van der Waals surface area contributed by atoms with Crippen molar-refractivity contribution < 1.29 is 14.5 Å². The van der Waals surface area contributed by atoms with Crippen LogP contribution in [0.5, 0.6) is 0 Å². The number of para-hydroxylation sites is 1. The van der Waals surface area contributed by atoms with E-state index in [-0.39, 0.29) is 18.4 Å². The van der Waals surface area contributed by atoms with Crippen LogP contribution in [0.3, 0.4) is 0 Å². The average molecular weight is 332 g/mol. The van der Waals surface area contributed by atoms with E-state index in [9.17, 15) is 9.59 Å². The van der Waals surface area contributed by atoms with Gasteiger partial charge in [-0.15, -0.1) is 0 Å². The molecule has 0 spiro atoms. The molecule has 0 aromatic heterocycles. The van der Waals surface area contributed by atoms with Crippen molar-refractivity contribution in [1.29, 1.82) is 0 Å². The Morgan fingerprint density at radius 1 is 1.29 bits per heavy atom. The van der Waals surface area contributed by atoms with Gasteiger partial charge in [0.05, 0.1) is 19.6 Å². The van der Waals surface area contributed by atoms with Crippen molar-refractivity contribution in [2.45, 2.75) is 33.6 Å². The summed E-state index contributed by atoms with van der Waals surface area (Å²) in [6, 6.07) is 5.91. The molecule has 0 bridgehead atoms. The molecular weight excluding hydrogens is 302 g/mol. The number of aryl methyl sites for hydroxylation is 2. The molecule has 1 aliphatic rings.